The van der Waals surface area contributed by atoms with Crippen LogP contribution < -0.4 is 5.32 Å². The third kappa shape index (κ3) is 6.34. The van der Waals surface area contributed by atoms with E-state index < -0.39 is 0 Å². The Morgan fingerprint density at radius 1 is 1.46 bits per heavy atom. The summed E-state index contributed by atoms with van der Waals surface area (Å²) in [5.41, 5.74) is 0.465. The molecule has 13 heavy (non-hydrogen) atoms. The molecule has 0 fully saturated rings. The zero-order valence-corrected chi connectivity index (χ0v) is 8.94. The van der Waals surface area contributed by atoms with Gasteiger partial charge < -0.3 is 10.1 Å². The predicted octanol–water partition coefficient (Wildman–Crippen LogP) is 1.49. The van der Waals surface area contributed by atoms with E-state index in [9.17, 15) is 4.79 Å². The lowest BCUT2D eigenvalue weighted by atomic mass is 10.1. The molecular formula is C10H19NO2. The van der Waals surface area contributed by atoms with Gasteiger partial charge in [-0.25, -0.2) is 4.79 Å². The lowest BCUT2D eigenvalue weighted by molar-refractivity contribution is -0.138. The largest absolute Gasteiger partial charge is 0.463 e. The third-order valence-electron chi connectivity index (χ3n) is 1.40. The molecule has 0 aromatic carbocycles. The van der Waals surface area contributed by atoms with Crippen molar-refractivity contribution in [1.29, 1.82) is 0 Å². The molecule has 0 aromatic heterocycles. The van der Waals surface area contributed by atoms with E-state index in [1.54, 1.807) is 6.92 Å². The summed E-state index contributed by atoms with van der Waals surface area (Å²) < 4.78 is 4.79. The monoisotopic (exact) mass is 185 g/mol. The van der Waals surface area contributed by atoms with Crippen molar-refractivity contribution in [3.05, 3.63) is 12.2 Å². The minimum absolute atomic E-state index is 0.00453. The third-order valence-corrected chi connectivity index (χ3v) is 1.40. The van der Waals surface area contributed by atoms with Gasteiger partial charge in [-0.15, -0.1) is 0 Å². The molecule has 0 amide bonds. The topological polar surface area (TPSA) is 38.3 Å². The Morgan fingerprint density at radius 3 is 2.38 bits per heavy atom. The van der Waals surface area contributed by atoms with Crippen molar-refractivity contribution in [3.63, 3.8) is 0 Å². The molecule has 0 saturated heterocycles. The molecule has 0 unspecified atom stereocenters. The van der Waals surface area contributed by atoms with Gasteiger partial charge in [0, 0.05) is 17.7 Å². The normalized spacial score (nSPS) is 11.1. The summed E-state index contributed by atoms with van der Waals surface area (Å²) in [5.74, 6) is -0.320. The summed E-state index contributed by atoms with van der Waals surface area (Å²) in [6.07, 6.45) is 0. The van der Waals surface area contributed by atoms with Gasteiger partial charge in [-0.3, -0.25) is 0 Å². The first-order valence-corrected chi connectivity index (χ1v) is 4.46. The summed E-state index contributed by atoms with van der Waals surface area (Å²) in [5, 5.41) is 3.16. The van der Waals surface area contributed by atoms with Crippen LogP contribution in [0, 0.1) is 0 Å². The van der Waals surface area contributed by atoms with Crippen molar-refractivity contribution >= 4 is 5.97 Å². The minimum atomic E-state index is -0.320. The molecule has 0 radical (unpaired) electrons. The maximum Gasteiger partial charge on any atom is 0.334 e. The van der Waals surface area contributed by atoms with Crippen LogP contribution in [0.3, 0.4) is 0 Å². The van der Waals surface area contributed by atoms with E-state index in [0.717, 1.165) is 0 Å². The predicted molar refractivity (Wildman–Crippen MR) is 53.5 cm³/mol. The molecule has 0 aliphatic heterocycles. The molecule has 0 bridgehead atoms. The Morgan fingerprint density at radius 2 is 2.00 bits per heavy atom. The van der Waals surface area contributed by atoms with E-state index in [-0.39, 0.29) is 11.5 Å². The highest BCUT2D eigenvalue weighted by Gasteiger charge is 2.12. The number of nitrogens with one attached hydrogen (secondary N) is 1. The summed E-state index contributed by atoms with van der Waals surface area (Å²) in [6.45, 7) is 12.4. The van der Waals surface area contributed by atoms with E-state index in [1.807, 2.05) is 20.8 Å². The second kappa shape index (κ2) is 5.02. The van der Waals surface area contributed by atoms with Crippen molar-refractivity contribution in [2.75, 3.05) is 13.2 Å². The molecule has 0 spiro atoms. The Labute approximate surface area is 80.2 Å². The fraction of sp³-hybridized carbons (Fsp3) is 0.700. The first-order chi connectivity index (χ1) is 5.87. The van der Waals surface area contributed by atoms with E-state index in [2.05, 4.69) is 11.9 Å². The molecule has 0 aliphatic carbocycles. The average molecular weight is 185 g/mol. The van der Waals surface area contributed by atoms with Crippen LogP contribution in [-0.4, -0.2) is 24.7 Å². The highest BCUT2D eigenvalue weighted by molar-refractivity contribution is 5.88. The van der Waals surface area contributed by atoms with Gasteiger partial charge in [0.05, 0.1) is 6.61 Å². The molecule has 0 heterocycles. The number of hydrogen-bond acceptors (Lipinski definition) is 3. The fourth-order valence-corrected chi connectivity index (χ4v) is 0.677. The summed E-state index contributed by atoms with van der Waals surface area (Å²) in [6, 6.07) is 0. The van der Waals surface area contributed by atoms with Crippen LogP contribution >= 0.6 is 0 Å². The Balaban J connectivity index is 3.82. The molecule has 0 aromatic rings. The van der Waals surface area contributed by atoms with Crippen LogP contribution in [0.15, 0.2) is 12.2 Å². The highest BCUT2D eigenvalue weighted by atomic mass is 16.5. The smallest absolute Gasteiger partial charge is 0.334 e. The van der Waals surface area contributed by atoms with Crippen molar-refractivity contribution in [3.8, 4) is 0 Å². The molecule has 0 saturated carbocycles. The van der Waals surface area contributed by atoms with Crippen LogP contribution in [0.25, 0.3) is 0 Å². The number of hydrogen-bond donors (Lipinski definition) is 1. The van der Waals surface area contributed by atoms with E-state index in [4.69, 9.17) is 4.74 Å². The number of carbonyl (C=O) groups excluding carboxylic acids is 1. The molecule has 3 heteroatoms. The number of carbonyl (C=O) groups is 1. The summed E-state index contributed by atoms with van der Waals surface area (Å²) in [7, 11) is 0. The number of rotatable bonds is 4. The van der Waals surface area contributed by atoms with Gasteiger partial charge in [0.25, 0.3) is 0 Å². The van der Waals surface area contributed by atoms with Crippen LogP contribution in [0.1, 0.15) is 27.7 Å². The van der Waals surface area contributed by atoms with Gasteiger partial charge in [-0.05, 0) is 27.7 Å². The van der Waals surface area contributed by atoms with Crippen molar-refractivity contribution < 1.29 is 9.53 Å². The molecule has 0 rings (SSSR count). The van der Waals surface area contributed by atoms with Crippen molar-refractivity contribution in [1.82, 2.24) is 5.32 Å². The summed E-state index contributed by atoms with van der Waals surface area (Å²) >= 11 is 0. The number of esters is 1. The lowest BCUT2D eigenvalue weighted by Crippen LogP contribution is -2.38. The minimum Gasteiger partial charge on any atom is -0.463 e. The standard InChI is InChI=1S/C10H19NO2/c1-6-13-9(12)8(2)7-11-10(3,4)5/h11H,2,6-7H2,1,3-5H3. The van der Waals surface area contributed by atoms with Gasteiger partial charge in [0.2, 0.25) is 0 Å². The first-order valence-electron chi connectivity index (χ1n) is 4.46. The second-order valence-electron chi connectivity index (χ2n) is 3.93. The molecular weight excluding hydrogens is 166 g/mol. The van der Waals surface area contributed by atoms with Gasteiger partial charge in [0.15, 0.2) is 0 Å². The van der Waals surface area contributed by atoms with Gasteiger partial charge in [-0.1, -0.05) is 6.58 Å². The summed E-state index contributed by atoms with van der Waals surface area (Å²) in [4.78, 5) is 11.1. The van der Waals surface area contributed by atoms with Crippen LogP contribution in [0.4, 0.5) is 0 Å². The molecule has 76 valence electrons. The van der Waals surface area contributed by atoms with Gasteiger partial charge >= 0.3 is 5.97 Å². The molecule has 3 nitrogen and oxygen atoms in total. The van der Waals surface area contributed by atoms with Gasteiger partial charge in [-0.2, -0.15) is 0 Å². The quantitative estimate of drug-likeness (QED) is 0.532. The molecule has 1 N–H and O–H groups in total. The fourth-order valence-electron chi connectivity index (χ4n) is 0.677. The second-order valence-corrected chi connectivity index (χ2v) is 3.93. The zero-order chi connectivity index (χ0) is 10.5. The van der Waals surface area contributed by atoms with E-state index >= 15 is 0 Å². The first kappa shape index (κ1) is 12.2. The van der Waals surface area contributed by atoms with Crippen LogP contribution in [0.5, 0.6) is 0 Å². The van der Waals surface area contributed by atoms with Crippen molar-refractivity contribution in [2.45, 2.75) is 33.2 Å². The average Bonchev–Trinajstić information content (AvgIpc) is 1.99. The van der Waals surface area contributed by atoms with Crippen LogP contribution in [0.2, 0.25) is 0 Å². The van der Waals surface area contributed by atoms with E-state index in [0.29, 0.717) is 18.7 Å². The van der Waals surface area contributed by atoms with Gasteiger partial charge in [0.1, 0.15) is 0 Å². The molecule has 0 atom stereocenters. The molecule has 0 aliphatic rings. The lowest BCUT2D eigenvalue weighted by Gasteiger charge is -2.20. The zero-order valence-electron chi connectivity index (χ0n) is 8.94. The maximum atomic E-state index is 11.1. The Hall–Kier alpha value is -0.830. The van der Waals surface area contributed by atoms with E-state index in [1.165, 1.54) is 0 Å². The Kier molecular flexibility index (Phi) is 4.70. The van der Waals surface area contributed by atoms with Crippen molar-refractivity contribution in [2.24, 2.45) is 0 Å². The number of ether oxygens (including phenoxy) is 1. The highest BCUT2D eigenvalue weighted by Crippen LogP contribution is 2.00. The Bertz CT molecular complexity index is 192. The maximum absolute atomic E-state index is 11.1. The SMILES string of the molecule is C=C(CNC(C)(C)C)C(=O)OCC. The van der Waals surface area contributed by atoms with Crippen LogP contribution in [-0.2, 0) is 9.53 Å².